The molecule has 4 heteroatoms. The minimum absolute atomic E-state index is 0.306. The maximum absolute atomic E-state index is 13.3. The molecule has 0 fully saturated rings. The number of rotatable bonds is 3. The van der Waals surface area contributed by atoms with Crippen LogP contribution in [0, 0.1) is 12.7 Å². The number of thiophene rings is 1. The Morgan fingerprint density at radius 3 is 2.65 bits per heavy atom. The summed E-state index contributed by atoms with van der Waals surface area (Å²) in [6.45, 7) is 2.01. The van der Waals surface area contributed by atoms with Gasteiger partial charge in [-0.25, -0.2) is 4.39 Å². The van der Waals surface area contributed by atoms with E-state index < -0.39 is 0 Å². The van der Waals surface area contributed by atoms with Crippen LogP contribution in [0.25, 0.3) is 0 Å². The van der Waals surface area contributed by atoms with Crippen LogP contribution in [0.1, 0.15) is 20.7 Å². The molecule has 0 aliphatic rings. The molecular formula is C13H12ClFOS. The van der Waals surface area contributed by atoms with Crippen LogP contribution in [-0.2, 0) is 0 Å². The van der Waals surface area contributed by atoms with E-state index in [1.807, 2.05) is 19.1 Å². The summed E-state index contributed by atoms with van der Waals surface area (Å²) < 4.78 is 18.5. The smallest absolute Gasteiger partial charge is 0.124 e. The summed E-state index contributed by atoms with van der Waals surface area (Å²) in [7, 11) is 1.56. The number of hydrogen-bond donors (Lipinski definition) is 0. The third-order valence-corrected chi connectivity index (χ3v) is 4.14. The van der Waals surface area contributed by atoms with Crippen molar-refractivity contribution in [3.05, 3.63) is 51.5 Å². The Morgan fingerprint density at radius 2 is 2.06 bits per heavy atom. The summed E-state index contributed by atoms with van der Waals surface area (Å²) in [5.74, 6) is 0.303. The number of halogens is 2. The standard InChI is InChI=1S/C13H12ClFOS/c1-8-3-6-12(17-8)13(14)10-7-9(15)4-5-11(10)16-2/h3-7,13H,1-2H3. The van der Waals surface area contributed by atoms with Crippen LogP contribution in [-0.4, -0.2) is 7.11 Å². The molecule has 1 aromatic heterocycles. The highest BCUT2D eigenvalue weighted by atomic mass is 35.5. The minimum atomic E-state index is -0.376. The third-order valence-electron chi connectivity index (χ3n) is 2.48. The van der Waals surface area contributed by atoms with Gasteiger partial charge in [-0.05, 0) is 37.3 Å². The van der Waals surface area contributed by atoms with E-state index in [1.54, 1.807) is 24.5 Å². The van der Waals surface area contributed by atoms with Crippen LogP contribution in [0.2, 0.25) is 0 Å². The van der Waals surface area contributed by atoms with Crippen molar-refractivity contribution in [2.45, 2.75) is 12.3 Å². The Bertz CT molecular complexity index is 524. The van der Waals surface area contributed by atoms with Gasteiger partial charge in [0.05, 0.1) is 12.5 Å². The number of hydrogen-bond acceptors (Lipinski definition) is 2. The molecule has 17 heavy (non-hydrogen) atoms. The van der Waals surface area contributed by atoms with Gasteiger partial charge < -0.3 is 4.74 Å². The minimum Gasteiger partial charge on any atom is -0.496 e. The number of aryl methyl sites for hydroxylation is 1. The molecule has 2 aromatic rings. The second kappa shape index (κ2) is 5.07. The van der Waals surface area contributed by atoms with Crippen molar-refractivity contribution >= 4 is 22.9 Å². The van der Waals surface area contributed by atoms with Gasteiger partial charge in [-0.15, -0.1) is 22.9 Å². The average Bonchev–Trinajstić information content (AvgIpc) is 2.75. The first kappa shape index (κ1) is 12.4. The molecule has 0 aliphatic heterocycles. The highest BCUT2D eigenvalue weighted by Crippen LogP contribution is 2.38. The van der Waals surface area contributed by atoms with Crippen LogP contribution in [0.5, 0.6) is 5.75 Å². The molecule has 1 heterocycles. The largest absolute Gasteiger partial charge is 0.496 e. The average molecular weight is 271 g/mol. The third kappa shape index (κ3) is 2.61. The summed E-state index contributed by atoms with van der Waals surface area (Å²) in [6, 6.07) is 8.35. The quantitative estimate of drug-likeness (QED) is 0.745. The fourth-order valence-corrected chi connectivity index (χ4v) is 2.90. The van der Waals surface area contributed by atoms with Crippen molar-refractivity contribution in [1.29, 1.82) is 0 Å². The Balaban J connectivity index is 2.42. The summed E-state index contributed by atoms with van der Waals surface area (Å²) in [5, 5.41) is -0.376. The van der Waals surface area contributed by atoms with E-state index in [1.165, 1.54) is 17.0 Å². The first-order valence-electron chi connectivity index (χ1n) is 5.15. The van der Waals surface area contributed by atoms with Gasteiger partial charge >= 0.3 is 0 Å². The van der Waals surface area contributed by atoms with Crippen molar-refractivity contribution in [3.8, 4) is 5.75 Å². The molecule has 0 bridgehead atoms. The first-order valence-corrected chi connectivity index (χ1v) is 6.41. The molecule has 0 spiro atoms. The van der Waals surface area contributed by atoms with E-state index in [2.05, 4.69) is 0 Å². The molecule has 0 amide bonds. The lowest BCUT2D eigenvalue weighted by Gasteiger charge is -2.12. The van der Waals surface area contributed by atoms with Crippen molar-refractivity contribution < 1.29 is 9.13 Å². The lowest BCUT2D eigenvalue weighted by molar-refractivity contribution is 0.409. The second-order valence-electron chi connectivity index (χ2n) is 3.70. The Hall–Kier alpha value is -1.06. The van der Waals surface area contributed by atoms with Gasteiger partial charge in [0.2, 0.25) is 0 Å². The summed E-state index contributed by atoms with van der Waals surface area (Å²) in [6.07, 6.45) is 0. The van der Waals surface area contributed by atoms with Gasteiger partial charge in [0.1, 0.15) is 11.6 Å². The fraction of sp³-hybridized carbons (Fsp3) is 0.231. The van der Waals surface area contributed by atoms with Crippen molar-refractivity contribution in [1.82, 2.24) is 0 Å². The maximum atomic E-state index is 13.3. The van der Waals surface area contributed by atoms with Crippen LogP contribution < -0.4 is 4.74 Å². The number of alkyl halides is 1. The van der Waals surface area contributed by atoms with E-state index in [-0.39, 0.29) is 11.2 Å². The summed E-state index contributed by atoms with van der Waals surface area (Å²) in [5.41, 5.74) is 0.663. The van der Waals surface area contributed by atoms with E-state index in [4.69, 9.17) is 16.3 Å². The second-order valence-corrected chi connectivity index (χ2v) is 5.45. The van der Waals surface area contributed by atoms with E-state index in [9.17, 15) is 4.39 Å². The Morgan fingerprint density at radius 1 is 1.29 bits per heavy atom. The summed E-state index contributed by atoms with van der Waals surface area (Å²) in [4.78, 5) is 2.18. The van der Waals surface area contributed by atoms with Crippen LogP contribution in [0.3, 0.4) is 0 Å². The molecule has 0 saturated carbocycles. The molecule has 0 radical (unpaired) electrons. The molecule has 90 valence electrons. The van der Waals surface area contributed by atoms with Gasteiger partial charge in [-0.2, -0.15) is 0 Å². The predicted octanol–water partition coefficient (Wildman–Crippen LogP) is 4.53. The summed E-state index contributed by atoms with van der Waals surface area (Å²) >= 11 is 7.97. The van der Waals surface area contributed by atoms with Crippen molar-refractivity contribution in [2.75, 3.05) is 7.11 Å². The zero-order valence-electron chi connectivity index (χ0n) is 9.54. The Kier molecular flexibility index (Phi) is 3.69. The molecule has 1 aromatic carbocycles. The lowest BCUT2D eigenvalue weighted by Crippen LogP contribution is -1.96. The first-order chi connectivity index (χ1) is 8.11. The van der Waals surface area contributed by atoms with Crippen molar-refractivity contribution in [2.24, 2.45) is 0 Å². The topological polar surface area (TPSA) is 9.23 Å². The normalized spacial score (nSPS) is 12.5. The zero-order chi connectivity index (χ0) is 12.4. The zero-order valence-corrected chi connectivity index (χ0v) is 11.1. The van der Waals surface area contributed by atoms with Crippen LogP contribution in [0.4, 0.5) is 4.39 Å². The predicted molar refractivity (Wildman–Crippen MR) is 69.7 cm³/mol. The van der Waals surface area contributed by atoms with E-state index >= 15 is 0 Å². The van der Waals surface area contributed by atoms with Gasteiger partial charge in [0.25, 0.3) is 0 Å². The lowest BCUT2D eigenvalue weighted by atomic mass is 10.1. The fourth-order valence-electron chi connectivity index (χ4n) is 1.65. The number of ether oxygens (including phenoxy) is 1. The molecule has 1 nitrogen and oxygen atoms in total. The Labute approximate surface area is 109 Å². The number of benzene rings is 1. The van der Waals surface area contributed by atoms with Crippen LogP contribution >= 0.6 is 22.9 Å². The van der Waals surface area contributed by atoms with Crippen LogP contribution in [0.15, 0.2) is 30.3 Å². The van der Waals surface area contributed by atoms with Gasteiger partial charge in [-0.3, -0.25) is 0 Å². The molecular weight excluding hydrogens is 259 g/mol. The van der Waals surface area contributed by atoms with E-state index in [0.717, 1.165) is 4.88 Å². The molecule has 1 atom stereocenters. The highest BCUT2D eigenvalue weighted by molar-refractivity contribution is 7.12. The molecule has 2 rings (SSSR count). The van der Waals surface area contributed by atoms with Gasteiger partial charge in [-0.1, -0.05) is 0 Å². The number of methoxy groups -OCH3 is 1. The monoisotopic (exact) mass is 270 g/mol. The molecule has 0 N–H and O–H groups in total. The maximum Gasteiger partial charge on any atom is 0.124 e. The molecule has 0 saturated heterocycles. The van der Waals surface area contributed by atoms with Gasteiger partial charge in [0.15, 0.2) is 0 Å². The molecule has 1 unspecified atom stereocenters. The van der Waals surface area contributed by atoms with Crippen molar-refractivity contribution in [3.63, 3.8) is 0 Å². The highest BCUT2D eigenvalue weighted by Gasteiger charge is 2.17. The SMILES string of the molecule is COc1ccc(F)cc1C(Cl)c1ccc(C)s1. The van der Waals surface area contributed by atoms with E-state index in [0.29, 0.717) is 11.3 Å². The molecule has 0 aliphatic carbocycles. The van der Waals surface area contributed by atoms with Gasteiger partial charge in [0, 0.05) is 15.3 Å².